The van der Waals surface area contributed by atoms with Gasteiger partial charge in [0.2, 0.25) is 11.8 Å². The Morgan fingerprint density at radius 1 is 0.400 bits per heavy atom. The average molecular weight is 1180 g/mol. The molecule has 492 valence electrons. The van der Waals surface area contributed by atoms with E-state index in [0.717, 1.165) is 108 Å². The van der Waals surface area contributed by atoms with Crippen LogP contribution in [0, 0.1) is 101 Å². The quantitative estimate of drug-likeness (QED) is 0.0223. The normalized spacial score (nSPS) is 12.5. The van der Waals surface area contributed by atoms with Crippen molar-refractivity contribution in [3.8, 4) is 12.3 Å². The highest BCUT2D eigenvalue weighted by Crippen LogP contribution is 2.39. The van der Waals surface area contributed by atoms with Crippen molar-refractivity contribution in [2.75, 3.05) is 6.54 Å². The highest BCUT2D eigenvalue weighted by molar-refractivity contribution is 6.05. The molecule has 0 aliphatic heterocycles. The van der Waals surface area contributed by atoms with Crippen LogP contribution in [-0.4, -0.2) is 18.4 Å². The van der Waals surface area contributed by atoms with Crippen LogP contribution in [0.4, 0.5) is 0 Å². The zero-order valence-electron chi connectivity index (χ0n) is 59.3. The van der Waals surface area contributed by atoms with Crippen molar-refractivity contribution in [1.29, 1.82) is 0 Å². The summed E-state index contributed by atoms with van der Waals surface area (Å²) in [6, 6.07) is 7.92. The zero-order valence-corrected chi connectivity index (χ0v) is 59.3. The lowest BCUT2D eigenvalue weighted by atomic mass is 9.74. The summed E-state index contributed by atoms with van der Waals surface area (Å²) in [6.07, 6.45) is 47.1. The summed E-state index contributed by atoms with van der Waals surface area (Å²) >= 11 is 0. The smallest absolute Gasteiger partial charge is 0.236 e. The Morgan fingerprint density at radius 2 is 0.647 bits per heavy atom. The van der Waals surface area contributed by atoms with Gasteiger partial charge in [0.1, 0.15) is 5.41 Å². The van der Waals surface area contributed by atoms with Gasteiger partial charge in [0.25, 0.3) is 0 Å². The first kappa shape index (κ1) is 80.0. The number of rotatable bonds is 55. The standard InChI is InChI=1S/C78H143N5O2/c1-18-57-80-76(84)78(77(85)81-58-74-51-53-75(54-52-74)59-82-83-79,55-23-33-68(25-19-29-70(43-35-60(2)3)44-36-61(4)5)26-20-30-71(45-37-62(6)7)46-38-63(8)9)56-24-34-69(27-21-31-72(47-39-64(10)11)48-40-65(12)13)28-22-32-73(49-41-66(14)15)50-42-67(16)17/h1,51-54,60-73H,19-50,55-59H2,2-17H3,(H,80,84)(H,81,85). The summed E-state index contributed by atoms with van der Waals surface area (Å²) in [5.74, 6) is 12.5. The van der Waals surface area contributed by atoms with E-state index >= 15 is 9.59 Å². The Bertz CT molecular complexity index is 1670. The Hall–Kier alpha value is -2.97. The molecule has 0 saturated carbocycles. The van der Waals surface area contributed by atoms with Gasteiger partial charge in [-0.3, -0.25) is 9.59 Å². The molecule has 0 saturated heterocycles. The van der Waals surface area contributed by atoms with E-state index in [1.54, 1.807) is 0 Å². The molecular formula is C78H143N5O2. The monoisotopic (exact) mass is 1180 g/mol. The molecule has 2 N–H and O–H groups in total. The van der Waals surface area contributed by atoms with E-state index in [1.807, 2.05) is 24.3 Å². The molecule has 0 aromatic heterocycles. The maximum absolute atomic E-state index is 15.4. The molecule has 1 aromatic carbocycles. The summed E-state index contributed by atoms with van der Waals surface area (Å²) in [5, 5.41) is 10.2. The van der Waals surface area contributed by atoms with Crippen molar-refractivity contribution in [3.63, 3.8) is 0 Å². The third kappa shape index (κ3) is 41.8. The second-order valence-electron chi connectivity index (χ2n) is 31.3. The van der Waals surface area contributed by atoms with Crippen molar-refractivity contribution < 1.29 is 9.59 Å². The van der Waals surface area contributed by atoms with Gasteiger partial charge in [-0.2, -0.15) is 0 Å². The summed E-state index contributed by atoms with van der Waals surface area (Å²) in [6.45, 7) is 38.8. The van der Waals surface area contributed by atoms with Gasteiger partial charge in [-0.1, -0.05) is 352 Å². The molecule has 0 aliphatic rings. The number of hydrogen-bond acceptors (Lipinski definition) is 3. The minimum Gasteiger partial charge on any atom is -0.351 e. The number of benzene rings is 1. The van der Waals surface area contributed by atoms with Crippen LogP contribution in [0.15, 0.2) is 29.4 Å². The molecule has 0 atom stereocenters. The summed E-state index contributed by atoms with van der Waals surface area (Å²) in [4.78, 5) is 33.5. The SMILES string of the molecule is C#CCNC(=O)C(CCCC(CCCC(CCC(C)C)CCC(C)C)CCCC(CCC(C)C)CCC(C)C)(CCCC(CCCC(CCC(C)C)CCC(C)C)CCCC(CCC(C)C)CCC(C)C)C(=O)NCc1ccc(CN=[N+]=[N-])cc1. The van der Waals surface area contributed by atoms with Crippen LogP contribution < -0.4 is 10.6 Å². The molecule has 0 spiro atoms. The van der Waals surface area contributed by atoms with Gasteiger partial charge in [-0.25, -0.2) is 0 Å². The minimum atomic E-state index is -1.23. The summed E-state index contributed by atoms with van der Waals surface area (Å²) in [7, 11) is 0. The van der Waals surface area contributed by atoms with Crippen LogP contribution in [0.25, 0.3) is 10.4 Å². The number of carbonyl (C=O) groups excluding carboxylic acids is 2. The summed E-state index contributed by atoms with van der Waals surface area (Å²) < 4.78 is 0. The van der Waals surface area contributed by atoms with Gasteiger partial charge in [-0.15, -0.1) is 6.42 Å². The molecule has 0 bridgehead atoms. The topological polar surface area (TPSA) is 107 Å². The fraction of sp³-hybridized carbons (Fsp3) is 0.872. The van der Waals surface area contributed by atoms with E-state index in [1.165, 1.54) is 180 Å². The van der Waals surface area contributed by atoms with Gasteiger partial charge in [0.15, 0.2) is 0 Å². The number of terminal acetylenes is 1. The van der Waals surface area contributed by atoms with E-state index in [9.17, 15) is 0 Å². The number of carbonyl (C=O) groups is 2. The van der Waals surface area contributed by atoms with Crippen LogP contribution in [0.1, 0.15) is 340 Å². The predicted molar refractivity (Wildman–Crippen MR) is 372 cm³/mol. The first-order valence-electron chi connectivity index (χ1n) is 36.6. The third-order valence-corrected chi connectivity index (χ3v) is 19.6. The molecule has 1 rings (SSSR count). The van der Waals surface area contributed by atoms with Crippen LogP contribution >= 0.6 is 0 Å². The molecule has 0 aliphatic carbocycles. The molecule has 2 amide bonds. The molecule has 0 fully saturated rings. The molecular weight excluding hydrogens is 1040 g/mol. The second kappa shape index (κ2) is 48.9. The Morgan fingerprint density at radius 3 is 0.906 bits per heavy atom. The maximum Gasteiger partial charge on any atom is 0.236 e. The Kier molecular flexibility index (Phi) is 46.0. The minimum absolute atomic E-state index is 0.110. The Labute approximate surface area is 529 Å². The second-order valence-corrected chi connectivity index (χ2v) is 31.3. The highest BCUT2D eigenvalue weighted by Gasteiger charge is 2.45. The lowest BCUT2D eigenvalue weighted by molar-refractivity contribution is -0.145. The predicted octanol–water partition coefficient (Wildman–Crippen LogP) is 24.1. The summed E-state index contributed by atoms with van der Waals surface area (Å²) in [5.41, 5.74) is 9.59. The van der Waals surface area contributed by atoms with Crippen molar-refractivity contribution in [3.05, 3.63) is 45.8 Å². The van der Waals surface area contributed by atoms with Crippen LogP contribution in [0.3, 0.4) is 0 Å². The van der Waals surface area contributed by atoms with E-state index in [-0.39, 0.29) is 24.9 Å². The fourth-order valence-corrected chi connectivity index (χ4v) is 13.5. The largest absolute Gasteiger partial charge is 0.351 e. The molecule has 7 heteroatoms. The van der Waals surface area contributed by atoms with Crippen molar-refractivity contribution in [2.24, 2.45) is 93.4 Å². The fourth-order valence-electron chi connectivity index (χ4n) is 13.5. The highest BCUT2D eigenvalue weighted by atomic mass is 16.2. The third-order valence-electron chi connectivity index (χ3n) is 19.6. The van der Waals surface area contributed by atoms with Gasteiger partial charge in [-0.05, 0) is 112 Å². The number of nitrogens with zero attached hydrogens (tertiary/aromatic N) is 3. The van der Waals surface area contributed by atoms with Crippen LogP contribution in [0.2, 0.25) is 0 Å². The number of nitrogens with one attached hydrogen (secondary N) is 2. The first-order valence-corrected chi connectivity index (χ1v) is 36.6. The van der Waals surface area contributed by atoms with Crippen LogP contribution in [-0.2, 0) is 22.7 Å². The van der Waals surface area contributed by atoms with Gasteiger partial charge >= 0.3 is 0 Å². The maximum atomic E-state index is 15.4. The van der Waals surface area contributed by atoms with E-state index in [2.05, 4.69) is 137 Å². The van der Waals surface area contributed by atoms with Gasteiger partial charge < -0.3 is 10.6 Å². The lowest BCUT2D eigenvalue weighted by Crippen LogP contribution is -2.51. The number of hydrogen-bond donors (Lipinski definition) is 2. The van der Waals surface area contributed by atoms with Crippen molar-refractivity contribution in [2.45, 2.75) is 342 Å². The van der Waals surface area contributed by atoms with Crippen molar-refractivity contribution >= 4 is 11.8 Å². The molecule has 7 nitrogen and oxygen atoms in total. The van der Waals surface area contributed by atoms with E-state index < -0.39 is 5.41 Å². The number of amides is 2. The molecule has 1 aromatic rings. The molecule has 0 radical (unpaired) electrons. The molecule has 0 heterocycles. The Balaban J connectivity index is 3.79. The molecule has 0 unspecified atom stereocenters. The van der Waals surface area contributed by atoms with Gasteiger partial charge in [0, 0.05) is 11.5 Å². The average Bonchev–Trinajstić information content (AvgIpc) is 3.46. The van der Waals surface area contributed by atoms with Crippen molar-refractivity contribution in [1.82, 2.24) is 10.6 Å². The van der Waals surface area contributed by atoms with E-state index in [4.69, 9.17) is 12.0 Å². The zero-order chi connectivity index (χ0) is 63.4. The molecule has 85 heavy (non-hydrogen) atoms. The number of azide groups is 1. The van der Waals surface area contributed by atoms with E-state index in [0.29, 0.717) is 31.2 Å². The first-order chi connectivity index (χ1) is 40.5. The van der Waals surface area contributed by atoms with Crippen LogP contribution in [0.5, 0.6) is 0 Å². The lowest BCUT2D eigenvalue weighted by Gasteiger charge is -2.33. The van der Waals surface area contributed by atoms with Gasteiger partial charge in [0.05, 0.1) is 13.1 Å².